The van der Waals surface area contributed by atoms with E-state index in [1.165, 1.54) is 0 Å². The van der Waals surface area contributed by atoms with Gasteiger partial charge < -0.3 is 0 Å². The Morgan fingerprint density at radius 1 is 1.50 bits per heavy atom. The Morgan fingerprint density at radius 2 is 2.17 bits per heavy atom. The van der Waals surface area contributed by atoms with Gasteiger partial charge in [0.05, 0.1) is 12.1 Å². The fourth-order valence-electron chi connectivity index (χ4n) is 0.689. The molecule has 0 fully saturated rings. The minimum atomic E-state index is -0.125. The van der Waals surface area contributed by atoms with Crippen molar-refractivity contribution in [2.75, 3.05) is 0 Å². The van der Waals surface area contributed by atoms with E-state index in [1.807, 2.05) is 20.8 Å². The van der Waals surface area contributed by atoms with Crippen LogP contribution in [0.3, 0.4) is 0 Å². The van der Waals surface area contributed by atoms with Crippen LogP contribution in [0.2, 0.25) is 0 Å². The molecule has 68 valence electrons. The van der Waals surface area contributed by atoms with E-state index in [2.05, 4.69) is 20.8 Å². The normalized spacial score (nSPS) is 12.0. The summed E-state index contributed by atoms with van der Waals surface area (Å²) in [5.74, 6) is 5.72. The molecule has 0 aliphatic rings. The van der Waals surface area contributed by atoms with Crippen molar-refractivity contribution in [3.63, 3.8) is 0 Å². The van der Waals surface area contributed by atoms with Crippen LogP contribution in [-0.4, -0.2) is 20.2 Å². The zero-order chi connectivity index (χ0) is 9.19. The molecule has 0 aliphatic carbocycles. The molecule has 12 heavy (non-hydrogen) atoms. The molecule has 1 rings (SSSR count). The highest BCUT2D eigenvalue weighted by Gasteiger charge is 2.16. The lowest BCUT2D eigenvalue weighted by atomic mass is 10.1. The van der Waals surface area contributed by atoms with E-state index in [0.717, 1.165) is 0 Å². The molecule has 0 spiro atoms. The molecule has 1 heterocycles. The van der Waals surface area contributed by atoms with Crippen molar-refractivity contribution in [3.8, 4) is 0 Å². The summed E-state index contributed by atoms with van der Waals surface area (Å²) >= 11 is 0. The van der Waals surface area contributed by atoms with Crippen LogP contribution in [0.4, 0.5) is 0 Å². The first kappa shape index (κ1) is 9.08. The van der Waals surface area contributed by atoms with E-state index in [1.54, 1.807) is 4.80 Å². The predicted molar refractivity (Wildman–Crippen MR) is 43.8 cm³/mol. The minimum absolute atomic E-state index is 0.125. The highest BCUT2D eigenvalue weighted by molar-refractivity contribution is 4.77. The highest BCUT2D eigenvalue weighted by Crippen LogP contribution is 2.08. The molecule has 0 saturated carbocycles. The molecule has 6 nitrogen and oxygen atoms in total. The molecule has 1 aromatic heterocycles. The summed E-state index contributed by atoms with van der Waals surface area (Å²) in [6, 6.07) is 0. The zero-order valence-electron chi connectivity index (χ0n) is 7.57. The number of hydrogen-bond acceptors (Lipinski definition) is 5. The van der Waals surface area contributed by atoms with E-state index in [-0.39, 0.29) is 5.54 Å². The first-order valence-corrected chi connectivity index (χ1v) is 3.77. The molecule has 0 saturated heterocycles. The van der Waals surface area contributed by atoms with Gasteiger partial charge in [0.2, 0.25) is 0 Å². The third kappa shape index (κ3) is 1.99. The van der Waals surface area contributed by atoms with Crippen LogP contribution in [0.15, 0.2) is 0 Å². The van der Waals surface area contributed by atoms with Gasteiger partial charge in [0.1, 0.15) is 0 Å². The van der Waals surface area contributed by atoms with Crippen molar-refractivity contribution in [1.82, 2.24) is 25.6 Å². The van der Waals surface area contributed by atoms with Crippen molar-refractivity contribution in [2.24, 2.45) is 5.84 Å². The van der Waals surface area contributed by atoms with Crippen LogP contribution in [0.25, 0.3) is 0 Å². The van der Waals surface area contributed by atoms with Crippen LogP contribution < -0.4 is 11.3 Å². The van der Waals surface area contributed by atoms with Gasteiger partial charge in [-0.25, -0.2) is 0 Å². The second-order valence-electron chi connectivity index (χ2n) is 3.55. The van der Waals surface area contributed by atoms with Gasteiger partial charge in [-0.1, -0.05) is 0 Å². The summed E-state index contributed by atoms with van der Waals surface area (Å²) in [4.78, 5) is 1.57. The molecule has 0 bridgehead atoms. The third-order valence-electron chi connectivity index (χ3n) is 1.32. The fraction of sp³-hybridized carbons (Fsp3) is 0.833. The van der Waals surface area contributed by atoms with Gasteiger partial charge in [0, 0.05) is 0 Å². The summed E-state index contributed by atoms with van der Waals surface area (Å²) in [6.07, 6.45) is 0. The maximum Gasteiger partial charge on any atom is 0.189 e. The Hall–Kier alpha value is -1.01. The van der Waals surface area contributed by atoms with Crippen molar-refractivity contribution in [1.29, 1.82) is 0 Å². The average Bonchev–Trinajstić information content (AvgIpc) is 2.35. The summed E-state index contributed by atoms with van der Waals surface area (Å²) < 4.78 is 0. The van der Waals surface area contributed by atoms with E-state index >= 15 is 0 Å². The topological polar surface area (TPSA) is 81.7 Å². The summed E-state index contributed by atoms with van der Waals surface area (Å²) in [5.41, 5.74) is 2.35. The molecule has 1 aromatic rings. The molecule has 0 atom stereocenters. The quantitative estimate of drug-likeness (QED) is 0.457. The standard InChI is InChI=1S/C6H14N6/c1-6(2,3)12-10-5(4-8-7)9-11-12/h8H,4,7H2,1-3H3. The van der Waals surface area contributed by atoms with Crippen molar-refractivity contribution < 1.29 is 0 Å². The first-order chi connectivity index (χ1) is 5.54. The molecule has 0 unspecified atom stereocenters. The number of rotatable bonds is 2. The van der Waals surface area contributed by atoms with Crippen LogP contribution in [0, 0.1) is 0 Å². The fourth-order valence-corrected chi connectivity index (χ4v) is 0.689. The molecular formula is C6H14N6. The second kappa shape index (κ2) is 3.16. The molecule has 0 aromatic carbocycles. The Bertz CT molecular complexity index is 247. The average molecular weight is 170 g/mol. The lowest BCUT2D eigenvalue weighted by molar-refractivity contribution is 0.305. The first-order valence-electron chi connectivity index (χ1n) is 3.77. The van der Waals surface area contributed by atoms with Crippen molar-refractivity contribution >= 4 is 0 Å². The smallest absolute Gasteiger partial charge is 0.189 e. The number of hydrazine groups is 1. The van der Waals surface area contributed by atoms with Crippen LogP contribution in [0.1, 0.15) is 26.6 Å². The van der Waals surface area contributed by atoms with Crippen LogP contribution >= 0.6 is 0 Å². The van der Waals surface area contributed by atoms with E-state index in [9.17, 15) is 0 Å². The molecule has 0 radical (unpaired) electrons. The van der Waals surface area contributed by atoms with E-state index in [0.29, 0.717) is 12.4 Å². The molecule has 0 amide bonds. The molecule has 3 N–H and O–H groups in total. The summed E-state index contributed by atoms with van der Waals surface area (Å²) in [5, 5.41) is 11.8. The van der Waals surface area contributed by atoms with Crippen LogP contribution in [-0.2, 0) is 12.1 Å². The van der Waals surface area contributed by atoms with Crippen LogP contribution in [0.5, 0.6) is 0 Å². The van der Waals surface area contributed by atoms with Gasteiger partial charge in [-0.3, -0.25) is 11.3 Å². The Labute approximate surface area is 71.1 Å². The van der Waals surface area contributed by atoms with Gasteiger partial charge in [-0.2, -0.15) is 4.80 Å². The SMILES string of the molecule is CC(C)(C)n1nnc(CNN)n1. The van der Waals surface area contributed by atoms with Gasteiger partial charge in [-0.05, 0) is 26.0 Å². The summed E-state index contributed by atoms with van der Waals surface area (Å²) in [7, 11) is 0. The maximum absolute atomic E-state index is 5.11. The maximum atomic E-state index is 5.11. The van der Waals surface area contributed by atoms with Gasteiger partial charge in [-0.15, -0.1) is 10.2 Å². The number of nitrogens with one attached hydrogen (secondary N) is 1. The van der Waals surface area contributed by atoms with Gasteiger partial charge in [0.15, 0.2) is 5.82 Å². The number of tetrazole rings is 1. The van der Waals surface area contributed by atoms with Crippen molar-refractivity contribution in [3.05, 3.63) is 5.82 Å². The van der Waals surface area contributed by atoms with E-state index < -0.39 is 0 Å². The Morgan fingerprint density at radius 3 is 2.58 bits per heavy atom. The Balaban J connectivity index is 2.77. The lowest BCUT2D eigenvalue weighted by Crippen LogP contribution is -2.25. The van der Waals surface area contributed by atoms with Crippen molar-refractivity contribution in [2.45, 2.75) is 32.9 Å². The number of hydrogen-bond donors (Lipinski definition) is 2. The number of aromatic nitrogens is 4. The molecule has 6 heteroatoms. The number of nitrogens with two attached hydrogens (primary N) is 1. The largest absolute Gasteiger partial charge is 0.271 e. The van der Waals surface area contributed by atoms with Gasteiger partial charge in [0.25, 0.3) is 0 Å². The zero-order valence-corrected chi connectivity index (χ0v) is 7.57. The summed E-state index contributed by atoms with van der Waals surface area (Å²) in [6.45, 7) is 6.47. The lowest BCUT2D eigenvalue weighted by Gasteiger charge is -2.15. The minimum Gasteiger partial charge on any atom is -0.271 e. The molecule has 0 aliphatic heterocycles. The Kier molecular flexibility index (Phi) is 2.39. The van der Waals surface area contributed by atoms with E-state index in [4.69, 9.17) is 5.84 Å². The number of nitrogens with zero attached hydrogens (tertiary/aromatic N) is 4. The molecular weight excluding hydrogens is 156 g/mol. The second-order valence-corrected chi connectivity index (χ2v) is 3.55. The third-order valence-corrected chi connectivity index (χ3v) is 1.32. The monoisotopic (exact) mass is 170 g/mol. The van der Waals surface area contributed by atoms with Gasteiger partial charge >= 0.3 is 0 Å². The predicted octanol–water partition coefficient (Wildman–Crippen LogP) is -0.609. The highest BCUT2D eigenvalue weighted by atomic mass is 15.6.